The Kier molecular flexibility index (Phi) is 7.29. The van der Waals surface area contributed by atoms with E-state index in [1.165, 1.54) is 12.1 Å². The first-order chi connectivity index (χ1) is 9.47. The third-order valence-corrected chi connectivity index (χ3v) is 4.59. The fourth-order valence-electron chi connectivity index (χ4n) is 1.53. The lowest BCUT2D eigenvalue weighted by atomic mass is 10.3. The second-order valence-corrected chi connectivity index (χ2v) is 6.55. The number of nitrogens with one attached hydrogen (secondary N) is 1. The number of hydrogen-bond donors (Lipinski definition) is 2. The normalized spacial score (nSPS) is 11.7. The molecule has 0 amide bonds. The molecule has 0 aromatic heterocycles. The van der Waals surface area contributed by atoms with Gasteiger partial charge in [0.05, 0.1) is 5.02 Å². The Bertz CT molecular complexity index is 520. The number of sulfonamides is 1. The van der Waals surface area contributed by atoms with Crippen LogP contribution in [0.2, 0.25) is 5.02 Å². The molecule has 0 unspecified atom stereocenters. The number of rotatable bonds is 9. The van der Waals surface area contributed by atoms with Crippen LogP contribution in [0.1, 0.15) is 26.2 Å². The van der Waals surface area contributed by atoms with Crippen molar-refractivity contribution >= 4 is 27.3 Å². The molecule has 0 heterocycles. The fraction of sp³-hybridized carbons (Fsp3) is 0.538. The number of benzene rings is 1. The molecule has 0 saturated heterocycles. The number of ether oxygens (including phenoxy) is 1. The van der Waals surface area contributed by atoms with Gasteiger partial charge < -0.3 is 10.5 Å². The SMILES string of the molecule is CCCCOCCCNS(=O)(=O)c1cc(N)ccc1Cl. The maximum atomic E-state index is 12.0. The van der Waals surface area contributed by atoms with Crippen LogP contribution in [-0.2, 0) is 14.8 Å². The van der Waals surface area contributed by atoms with Gasteiger partial charge in [0.2, 0.25) is 10.0 Å². The van der Waals surface area contributed by atoms with E-state index in [0.29, 0.717) is 31.9 Å². The van der Waals surface area contributed by atoms with Crippen LogP contribution < -0.4 is 10.5 Å². The van der Waals surface area contributed by atoms with E-state index in [0.717, 1.165) is 12.8 Å². The Morgan fingerprint density at radius 2 is 2.00 bits per heavy atom. The predicted molar refractivity (Wildman–Crippen MR) is 81.4 cm³/mol. The quantitative estimate of drug-likeness (QED) is 0.541. The van der Waals surface area contributed by atoms with Crippen molar-refractivity contribution in [3.63, 3.8) is 0 Å². The van der Waals surface area contributed by atoms with Crippen LogP contribution in [0, 0.1) is 0 Å². The van der Waals surface area contributed by atoms with Gasteiger partial charge in [0.25, 0.3) is 0 Å². The monoisotopic (exact) mass is 320 g/mol. The topological polar surface area (TPSA) is 81.4 Å². The maximum absolute atomic E-state index is 12.0. The molecule has 0 fully saturated rings. The third kappa shape index (κ3) is 5.66. The molecule has 0 aliphatic rings. The van der Waals surface area contributed by atoms with Gasteiger partial charge in [0.1, 0.15) is 4.90 Å². The Morgan fingerprint density at radius 3 is 2.70 bits per heavy atom. The molecule has 1 aromatic carbocycles. The zero-order valence-electron chi connectivity index (χ0n) is 11.6. The Labute approximate surface area is 125 Å². The fourth-order valence-corrected chi connectivity index (χ4v) is 3.14. The highest BCUT2D eigenvalue weighted by Gasteiger charge is 2.17. The average Bonchev–Trinajstić information content (AvgIpc) is 2.40. The van der Waals surface area contributed by atoms with Crippen molar-refractivity contribution in [2.24, 2.45) is 0 Å². The van der Waals surface area contributed by atoms with Crippen LogP contribution in [-0.4, -0.2) is 28.2 Å². The van der Waals surface area contributed by atoms with Crippen molar-refractivity contribution in [3.05, 3.63) is 23.2 Å². The number of unbranched alkanes of at least 4 members (excludes halogenated alkanes) is 1. The highest BCUT2D eigenvalue weighted by atomic mass is 35.5. The summed E-state index contributed by atoms with van der Waals surface area (Å²) in [5, 5.41) is 0.158. The van der Waals surface area contributed by atoms with Gasteiger partial charge >= 0.3 is 0 Å². The minimum Gasteiger partial charge on any atom is -0.399 e. The molecule has 0 aliphatic carbocycles. The van der Waals surface area contributed by atoms with Crippen LogP contribution in [0.25, 0.3) is 0 Å². The minimum atomic E-state index is -3.63. The summed E-state index contributed by atoms with van der Waals surface area (Å²) in [6.07, 6.45) is 2.72. The second-order valence-electron chi connectivity index (χ2n) is 4.41. The standard InChI is InChI=1S/C13H21ClN2O3S/c1-2-3-8-19-9-4-7-16-20(17,18)13-10-11(15)5-6-12(13)14/h5-6,10,16H,2-4,7-9,15H2,1H3. The summed E-state index contributed by atoms with van der Waals surface area (Å²) in [7, 11) is -3.63. The van der Waals surface area contributed by atoms with E-state index < -0.39 is 10.0 Å². The van der Waals surface area contributed by atoms with Crippen LogP contribution in [0.4, 0.5) is 5.69 Å². The van der Waals surface area contributed by atoms with Crippen molar-refractivity contribution in [1.29, 1.82) is 0 Å². The van der Waals surface area contributed by atoms with Crippen molar-refractivity contribution in [2.75, 3.05) is 25.5 Å². The molecule has 7 heteroatoms. The number of nitrogen functional groups attached to an aromatic ring is 1. The van der Waals surface area contributed by atoms with Crippen molar-refractivity contribution in [3.8, 4) is 0 Å². The zero-order chi connectivity index (χ0) is 15.0. The van der Waals surface area contributed by atoms with E-state index in [1.54, 1.807) is 6.07 Å². The third-order valence-electron chi connectivity index (χ3n) is 2.64. The summed E-state index contributed by atoms with van der Waals surface area (Å²) in [5.41, 5.74) is 5.94. The van der Waals surface area contributed by atoms with Crippen molar-refractivity contribution < 1.29 is 13.2 Å². The van der Waals surface area contributed by atoms with Gasteiger partial charge in [-0.2, -0.15) is 0 Å². The molecule has 20 heavy (non-hydrogen) atoms. The van der Waals surface area contributed by atoms with Gasteiger partial charge in [0.15, 0.2) is 0 Å². The zero-order valence-corrected chi connectivity index (χ0v) is 13.1. The molecule has 0 saturated carbocycles. The van der Waals surface area contributed by atoms with Crippen molar-refractivity contribution in [2.45, 2.75) is 31.1 Å². The first-order valence-electron chi connectivity index (χ1n) is 6.60. The molecule has 1 rings (SSSR count). The molecule has 3 N–H and O–H groups in total. The van der Waals surface area contributed by atoms with Crippen LogP contribution in [0.3, 0.4) is 0 Å². The van der Waals surface area contributed by atoms with Crippen LogP contribution in [0.15, 0.2) is 23.1 Å². The lowest BCUT2D eigenvalue weighted by molar-refractivity contribution is 0.130. The van der Waals surface area contributed by atoms with E-state index in [2.05, 4.69) is 11.6 Å². The lowest BCUT2D eigenvalue weighted by Gasteiger charge is -2.09. The Balaban J connectivity index is 2.44. The van der Waals surface area contributed by atoms with E-state index in [4.69, 9.17) is 22.1 Å². The molecule has 0 atom stereocenters. The van der Waals surface area contributed by atoms with E-state index >= 15 is 0 Å². The molecule has 1 aromatic rings. The van der Waals surface area contributed by atoms with E-state index in [-0.39, 0.29) is 9.92 Å². The number of hydrogen-bond acceptors (Lipinski definition) is 4. The van der Waals surface area contributed by atoms with Gasteiger partial charge in [-0.1, -0.05) is 24.9 Å². The van der Waals surface area contributed by atoms with Gasteiger partial charge in [-0.25, -0.2) is 13.1 Å². The van der Waals surface area contributed by atoms with Crippen molar-refractivity contribution in [1.82, 2.24) is 4.72 Å². The lowest BCUT2D eigenvalue weighted by Crippen LogP contribution is -2.26. The first-order valence-corrected chi connectivity index (χ1v) is 8.46. The smallest absolute Gasteiger partial charge is 0.242 e. The molecular weight excluding hydrogens is 300 g/mol. The average molecular weight is 321 g/mol. The number of anilines is 1. The Hall–Kier alpha value is -0.820. The highest BCUT2D eigenvalue weighted by Crippen LogP contribution is 2.23. The molecular formula is C13H21ClN2O3S. The molecule has 0 radical (unpaired) electrons. The number of halogens is 1. The molecule has 0 bridgehead atoms. The summed E-state index contributed by atoms with van der Waals surface area (Å²) >= 11 is 5.88. The Morgan fingerprint density at radius 1 is 1.30 bits per heavy atom. The summed E-state index contributed by atoms with van der Waals surface area (Å²) in [6.45, 7) is 3.64. The van der Waals surface area contributed by atoms with Gasteiger partial charge in [-0.05, 0) is 31.0 Å². The predicted octanol–water partition coefficient (Wildman–Crippen LogP) is 2.41. The van der Waals surface area contributed by atoms with Gasteiger partial charge in [0, 0.05) is 25.4 Å². The second kappa shape index (κ2) is 8.46. The molecule has 5 nitrogen and oxygen atoms in total. The minimum absolute atomic E-state index is 0.00562. The van der Waals surface area contributed by atoms with Crippen LogP contribution in [0.5, 0.6) is 0 Å². The summed E-state index contributed by atoms with van der Waals surface area (Å²) in [6, 6.07) is 4.38. The molecule has 0 spiro atoms. The highest BCUT2D eigenvalue weighted by molar-refractivity contribution is 7.89. The van der Waals surface area contributed by atoms with Crippen LogP contribution >= 0.6 is 11.6 Å². The van der Waals surface area contributed by atoms with E-state index in [9.17, 15) is 8.42 Å². The first kappa shape index (κ1) is 17.2. The molecule has 114 valence electrons. The van der Waals surface area contributed by atoms with E-state index in [1.807, 2.05) is 0 Å². The largest absolute Gasteiger partial charge is 0.399 e. The molecule has 0 aliphatic heterocycles. The van der Waals surface area contributed by atoms with Gasteiger partial charge in [-0.15, -0.1) is 0 Å². The maximum Gasteiger partial charge on any atom is 0.242 e. The summed E-state index contributed by atoms with van der Waals surface area (Å²) in [5.74, 6) is 0. The number of nitrogens with two attached hydrogens (primary N) is 1. The summed E-state index contributed by atoms with van der Waals surface area (Å²) in [4.78, 5) is 0.00562. The van der Waals surface area contributed by atoms with Gasteiger partial charge in [-0.3, -0.25) is 0 Å². The summed E-state index contributed by atoms with van der Waals surface area (Å²) < 4.78 is 31.9.